The molecule has 2 rings (SSSR count). The summed E-state index contributed by atoms with van der Waals surface area (Å²) >= 11 is 0. The van der Waals surface area contributed by atoms with E-state index in [0.717, 1.165) is 12.8 Å². The lowest BCUT2D eigenvalue weighted by Crippen LogP contribution is -2.71. The first kappa shape index (κ1) is 14.8. The van der Waals surface area contributed by atoms with E-state index in [2.05, 4.69) is 5.32 Å². The van der Waals surface area contributed by atoms with E-state index >= 15 is 0 Å². The van der Waals surface area contributed by atoms with E-state index in [0.29, 0.717) is 12.8 Å². The van der Waals surface area contributed by atoms with Crippen molar-refractivity contribution < 1.29 is 19.1 Å². The Balaban J connectivity index is 2.39. The van der Waals surface area contributed by atoms with Crippen LogP contribution in [0.4, 0.5) is 0 Å². The number of likely N-dealkylation sites (tertiary alicyclic amines) is 1. The van der Waals surface area contributed by atoms with Gasteiger partial charge in [0.2, 0.25) is 11.8 Å². The van der Waals surface area contributed by atoms with Crippen LogP contribution in [-0.2, 0) is 19.1 Å². The number of hydrogen-bond donors (Lipinski definition) is 1. The van der Waals surface area contributed by atoms with Crippen molar-refractivity contribution in [2.75, 3.05) is 14.2 Å². The average Bonchev–Trinajstić information content (AvgIpc) is 2.78. The summed E-state index contributed by atoms with van der Waals surface area (Å²) in [5.74, 6) is -0.788. The number of likely N-dealkylation sites (N-methyl/N-ethyl adjacent to an activating group) is 1. The summed E-state index contributed by atoms with van der Waals surface area (Å²) in [5, 5.41) is 2.74. The molecule has 20 heavy (non-hydrogen) atoms. The molecule has 2 amide bonds. The Morgan fingerprint density at radius 2 is 2.10 bits per heavy atom. The third-order valence-electron chi connectivity index (χ3n) is 4.81. The van der Waals surface area contributed by atoms with Crippen molar-refractivity contribution in [3.8, 4) is 0 Å². The minimum atomic E-state index is -0.937. The Morgan fingerprint density at radius 3 is 2.65 bits per heavy atom. The fourth-order valence-electron chi connectivity index (χ4n) is 3.98. The second-order valence-electron chi connectivity index (χ2n) is 6.09. The van der Waals surface area contributed by atoms with Crippen LogP contribution >= 0.6 is 0 Å². The van der Waals surface area contributed by atoms with Gasteiger partial charge in [-0.05, 0) is 32.1 Å². The normalized spacial score (nSPS) is 36.5. The van der Waals surface area contributed by atoms with Crippen molar-refractivity contribution in [2.45, 2.75) is 50.6 Å². The van der Waals surface area contributed by atoms with Crippen LogP contribution in [0, 0.1) is 5.92 Å². The van der Waals surface area contributed by atoms with Gasteiger partial charge in [-0.3, -0.25) is 9.59 Å². The molecule has 0 aromatic heterocycles. The minimum absolute atomic E-state index is 0.0227. The van der Waals surface area contributed by atoms with Gasteiger partial charge in [0.05, 0.1) is 7.11 Å². The maximum atomic E-state index is 12.7. The fraction of sp³-hybridized carbons (Fsp3) is 0.786. The highest BCUT2D eigenvalue weighted by molar-refractivity contribution is 5.96. The number of amides is 2. The zero-order chi connectivity index (χ0) is 15.1. The molecule has 1 N–H and O–H groups in total. The summed E-state index contributed by atoms with van der Waals surface area (Å²) in [6.45, 7) is 3.13. The first-order valence-electron chi connectivity index (χ1n) is 6.93. The summed E-state index contributed by atoms with van der Waals surface area (Å²) in [5.41, 5.74) is -1.79. The summed E-state index contributed by atoms with van der Waals surface area (Å²) in [6.07, 6.45) is 2.85. The van der Waals surface area contributed by atoms with Crippen molar-refractivity contribution >= 4 is 17.8 Å². The van der Waals surface area contributed by atoms with Gasteiger partial charge in [-0.2, -0.15) is 0 Å². The molecule has 1 heterocycles. The van der Waals surface area contributed by atoms with Crippen LogP contribution in [-0.4, -0.2) is 47.9 Å². The van der Waals surface area contributed by atoms with Crippen molar-refractivity contribution in [3.05, 3.63) is 0 Å². The number of nitrogens with one attached hydrogen (secondary N) is 1. The molecule has 2 fully saturated rings. The number of ether oxygens (including phenoxy) is 1. The highest BCUT2D eigenvalue weighted by Gasteiger charge is 2.62. The summed E-state index contributed by atoms with van der Waals surface area (Å²) < 4.78 is 4.94. The number of hydrogen-bond acceptors (Lipinski definition) is 4. The molecule has 112 valence electrons. The van der Waals surface area contributed by atoms with Gasteiger partial charge >= 0.3 is 5.97 Å². The Labute approximate surface area is 118 Å². The molecule has 1 aliphatic heterocycles. The maximum absolute atomic E-state index is 12.7. The van der Waals surface area contributed by atoms with E-state index in [9.17, 15) is 14.4 Å². The van der Waals surface area contributed by atoms with Gasteiger partial charge in [0.15, 0.2) is 0 Å². The quantitative estimate of drug-likeness (QED) is 0.746. The number of carbonyl (C=O) groups excluding carboxylic acids is 3. The zero-order valence-corrected chi connectivity index (χ0v) is 12.5. The summed E-state index contributed by atoms with van der Waals surface area (Å²) in [4.78, 5) is 37.8. The van der Waals surface area contributed by atoms with E-state index in [1.807, 2.05) is 0 Å². The van der Waals surface area contributed by atoms with E-state index < -0.39 is 11.1 Å². The van der Waals surface area contributed by atoms with E-state index in [-0.39, 0.29) is 23.7 Å². The first-order valence-corrected chi connectivity index (χ1v) is 6.93. The molecule has 1 saturated carbocycles. The van der Waals surface area contributed by atoms with E-state index in [4.69, 9.17) is 4.74 Å². The van der Waals surface area contributed by atoms with Gasteiger partial charge in [-0.15, -0.1) is 0 Å². The molecule has 0 unspecified atom stereocenters. The molecule has 1 saturated heterocycles. The third-order valence-corrected chi connectivity index (χ3v) is 4.81. The topological polar surface area (TPSA) is 75.7 Å². The molecule has 0 aromatic rings. The minimum Gasteiger partial charge on any atom is -0.467 e. The number of piperidine rings is 1. The Bertz CT molecular complexity index is 464. The van der Waals surface area contributed by atoms with Crippen molar-refractivity contribution in [1.29, 1.82) is 0 Å². The van der Waals surface area contributed by atoms with Crippen LogP contribution in [0.3, 0.4) is 0 Å². The number of carbonyl (C=O) groups is 3. The zero-order valence-electron chi connectivity index (χ0n) is 12.5. The second-order valence-corrected chi connectivity index (χ2v) is 6.09. The number of nitrogens with zero attached hydrogens (tertiary/aromatic N) is 1. The lowest BCUT2D eigenvalue weighted by Gasteiger charge is -2.51. The first-order chi connectivity index (χ1) is 9.28. The van der Waals surface area contributed by atoms with Crippen LogP contribution in [0.1, 0.15) is 39.5 Å². The van der Waals surface area contributed by atoms with Crippen molar-refractivity contribution in [1.82, 2.24) is 10.2 Å². The summed E-state index contributed by atoms with van der Waals surface area (Å²) in [6, 6.07) is 0. The lowest BCUT2D eigenvalue weighted by atomic mass is 9.72. The number of fused-ring (bicyclic) bond motifs is 1. The van der Waals surface area contributed by atoms with Crippen molar-refractivity contribution in [3.63, 3.8) is 0 Å². The molecule has 6 nitrogen and oxygen atoms in total. The van der Waals surface area contributed by atoms with Gasteiger partial charge in [0.1, 0.15) is 11.1 Å². The molecule has 2 aliphatic rings. The van der Waals surface area contributed by atoms with E-state index in [1.165, 1.54) is 18.9 Å². The monoisotopic (exact) mass is 282 g/mol. The maximum Gasteiger partial charge on any atom is 0.332 e. The SMILES string of the molecule is COC(=O)[C@@]12CCC[C@@H]1C[C@@](C)(NC(C)=O)C(=O)N2C. The fourth-order valence-corrected chi connectivity index (χ4v) is 3.98. The van der Waals surface area contributed by atoms with Crippen LogP contribution in [0.15, 0.2) is 0 Å². The average molecular weight is 282 g/mol. The highest BCUT2D eigenvalue weighted by Crippen LogP contribution is 2.48. The molecule has 0 spiro atoms. The van der Waals surface area contributed by atoms with Crippen LogP contribution in [0.5, 0.6) is 0 Å². The molecular formula is C14H22N2O4. The predicted octanol–water partition coefficient (Wildman–Crippen LogP) is 0.455. The van der Waals surface area contributed by atoms with Gasteiger partial charge < -0.3 is 15.0 Å². The molecule has 1 aliphatic carbocycles. The molecule has 3 atom stereocenters. The van der Waals surface area contributed by atoms with E-state index in [1.54, 1.807) is 14.0 Å². The highest BCUT2D eigenvalue weighted by atomic mass is 16.5. The largest absolute Gasteiger partial charge is 0.467 e. The molecule has 0 aromatic carbocycles. The van der Waals surface area contributed by atoms with Crippen molar-refractivity contribution in [2.24, 2.45) is 5.92 Å². The summed E-state index contributed by atoms with van der Waals surface area (Å²) in [7, 11) is 2.99. The lowest BCUT2D eigenvalue weighted by molar-refractivity contribution is -0.173. The number of esters is 1. The van der Waals surface area contributed by atoms with Gasteiger partial charge in [0, 0.05) is 14.0 Å². The third kappa shape index (κ3) is 1.89. The predicted molar refractivity (Wildman–Crippen MR) is 71.7 cm³/mol. The Hall–Kier alpha value is -1.59. The van der Waals surface area contributed by atoms with Gasteiger partial charge in [-0.1, -0.05) is 6.42 Å². The molecule has 0 bridgehead atoms. The smallest absolute Gasteiger partial charge is 0.332 e. The van der Waals surface area contributed by atoms with Gasteiger partial charge in [0.25, 0.3) is 0 Å². The Morgan fingerprint density at radius 1 is 1.45 bits per heavy atom. The van der Waals surface area contributed by atoms with Crippen LogP contribution in [0.25, 0.3) is 0 Å². The van der Waals surface area contributed by atoms with Crippen LogP contribution < -0.4 is 5.32 Å². The number of rotatable bonds is 2. The second kappa shape index (κ2) is 4.75. The van der Waals surface area contributed by atoms with Crippen LogP contribution in [0.2, 0.25) is 0 Å². The van der Waals surface area contributed by atoms with Gasteiger partial charge in [-0.25, -0.2) is 4.79 Å². The number of methoxy groups -OCH3 is 1. The molecule has 0 radical (unpaired) electrons. The Kier molecular flexibility index (Phi) is 3.52. The molecular weight excluding hydrogens is 260 g/mol. The molecule has 6 heteroatoms. The standard InChI is InChI=1S/C14H22N2O4/c1-9(17)15-13(2)8-10-6-5-7-14(10,12(19)20-4)16(3)11(13)18/h10H,5-8H2,1-4H3,(H,15,17)/t10-,13-,14-/m1/s1.